The third-order valence-electron chi connectivity index (χ3n) is 3.41. The summed E-state index contributed by atoms with van der Waals surface area (Å²) >= 11 is 5.77. The van der Waals surface area contributed by atoms with Crippen molar-refractivity contribution >= 4 is 11.6 Å². The van der Waals surface area contributed by atoms with Crippen LogP contribution in [-0.2, 0) is 6.54 Å². The van der Waals surface area contributed by atoms with Crippen LogP contribution in [0.25, 0.3) is 0 Å². The summed E-state index contributed by atoms with van der Waals surface area (Å²) in [5.74, 6) is 0.298. The molecule has 2 unspecified atom stereocenters. The fraction of sp³-hybridized carbons (Fsp3) is 0.353. The smallest absolute Gasteiger partial charge is 0.129 e. The molecule has 112 valence electrons. The van der Waals surface area contributed by atoms with E-state index in [0.717, 1.165) is 25.1 Å². The monoisotopic (exact) mass is 304 g/mol. The van der Waals surface area contributed by atoms with Gasteiger partial charge in [-0.1, -0.05) is 48.0 Å². The standard InChI is InChI=1S/C17H21ClN2O/c1-13(21)9-16(15-5-3-2-4-6-15)12-19-10-14-7-8-17(18)20-11-14/h2-8,11,13,16,19,21H,9-10,12H2,1H3. The number of pyridine rings is 1. The van der Waals surface area contributed by atoms with Crippen molar-refractivity contribution in [3.63, 3.8) is 0 Å². The van der Waals surface area contributed by atoms with Crippen LogP contribution in [0.5, 0.6) is 0 Å². The molecule has 3 nitrogen and oxygen atoms in total. The highest BCUT2D eigenvalue weighted by Gasteiger charge is 2.13. The number of nitrogens with one attached hydrogen (secondary N) is 1. The SMILES string of the molecule is CC(O)CC(CNCc1ccc(Cl)nc1)c1ccccc1. The van der Waals surface area contributed by atoms with Crippen LogP contribution in [0.2, 0.25) is 5.15 Å². The molecule has 2 rings (SSSR count). The van der Waals surface area contributed by atoms with Gasteiger partial charge in [0.1, 0.15) is 5.15 Å². The molecule has 0 aliphatic heterocycles. The number of aliphatic hydroxyl groups is 1. The maximum Gasteiger partial charge on any atom is 0.129 e. The molecule has 0 bridgehead atoms. The number of rotatable bonds is 7. The van der Waals surface area contributed by atoms with Crippen LogP contribution < -0.4 is 5.32 Å². The summed E-state index contributed by atoms with van der Waals surface area (Å²) in [7, 11) is 0. The van der Waals surface area contributed by atoms with Crippen LogP contribution in [0.1, 0.15) is 30.4 Å². The minimum absolute atomic E-state index is 0.298. The summed E-state index contributed by atoms with van der Waals surface area (Å²) in [6.07, 6.45) is 2.21. The highest BCUT2D eigenvalue weighted by Crippen LogP contribution is 2.20. The molecule has 0 aliphatic rings. The Morgan fingerprint density at radius 3 is 2.57 bits per heavy atom. The van der Waals surface area contributed by atoms with Gasteiger partial charge >= 0.3 is 0 Å². The van der Waals surface area contributed by atoms with E-state index in [-0.39, 0.29) is 6.10 Å². The molecular weight excluding hydrogens is 284 g/mol. The van der Waals surface area contributed by atoms with E-state index < -0.39 is 0 Å². The van der Waals surface area contributed by atoms with Crippen LogP contribution in [0, 0.1) is 0 Å². The Balaban J connectivity index is 1.91. The molecule has 0 saturated carbocycles. The summed E-state index contributed by atoms with van der Waals surface area (Å²) in [4.78, 5) is 4.07. The zero-order chi connectivity index (χ0) is 15.1. The molecular formula is C17H21ClN2O. The first-order valence-corrected chi connectivity index (χ1v) is 7.57. The number of nitrogens with zero attached hydrogens (tertiary/aromatic N) is 1. The van der Waals surface area contributed by atoms with E-state index in [4.69, 9.17) is 11.6 Å². The zero-order valence-corrected chi connectivity index (χ0v) is 12.9. The molecule has 0 aliphatic carbocycles. The van der Waals surface area contributed by atoms with E-state index in [2.05, 4.69) is 22.4 Å². The van der Waals surface area contributed by atoms with Gasteiger partial charge in [0.25, 0.3) is 0 Å². The van der Waals surface area contributed by atoms with Gasteiger partial charge in [-0.3, -0.25) is 0 Å². The lowest BCUT2D eigenvalue weighted by Crippen LogP contribution is -2.23. The molecule has 2 N–H and O–H groups in total. The van der Waals surface area contributed by atoms with Crippen molar-refractivity contribution in [2.24, 2.45) is 0 Å². The van der Waals surface area contributed by atoms with Gasteiger partial charge in [-0.25, -0.2) is 4.98 Å². The van der Waals surface area contributed by atoms with Gasteiger partial charge in [-0.05, 0) is 36.5 Å². The average molecular weight is 305 g/mol. The zero-order valence-electron chi connectivity index (χ0n) is 12.2. The van der Waals surface area contributed by atoms with Crippen molar-refractivity contribution < 1.29 is 5.11 Å². The molecule has 4 heteroatoms. The molecule has 0 fully saturated rings. The number of aliphatic hydroxyl groups excluding tert-OH is 1. The maximum atomic E-state index is 9.68. The van der Waals surface area contributed by atoms with E-state index in [1.54, 1.807) is 12.3 Å². The highest BCUT2D eigenvalue weighted by molar-refractivity contribution is 6.29. The summed E-state index contributed by atoms with van der Waals surface area (Å²) in [5, 5.41) is 13.6. The molecule has 1 heterocycles. The van der Waals surface area contributed by atoms with Crippen molar-refractivity contribution in [1.29, 1.82) is 0 Å². The Labute approximate surface area is 131 Å². The fourth-order valence-electron chi connectivity index (χ4n) is 2.38. The summed E-state index contributed by atoms with van der Waals surface area (Å²) in [6.45, 7) is 3.39. The van der Waals surface area contributed by atoms with Gasteiger partial charge < -0.3 is 10.4 Å². The largest absolute Gasteiger partial charge is 0.393 e. The molecule has 0 spiro atoms. The number of aromatic nitrogens is 1. The van der Waals surface area contributed by atoms with Crippen molar-refractivity contribution in [2.75, 3.05) is 6.54 Å². The predicted molar refractivity (Wildman–Crippen MR) is 86.4 cm³/mol. The lowest BCUT2D eigenvalue weighted by atomic mass is 9.93. The normalized spacial score (nSPS) is 13.9. The van der Waals surface area contributed by atoms with E-state index >= 15 is 0 Å². The van der Waals surface area contributed by atoms with Crippen LogP contribution >= 0.6 is 11.6 Å². The molecule has 21 heavy (non-hydrogen) atoms. The minimum atomic E-state index is -0.311. The Kier molecular flexibility index (Phi) is 6.18. The molecule has 1 aromatic heterocycles. The average Bonchev–Trinajstić information content (AvgIpc) is 2.49. The van der Waals surface area contributed by atoms with E-state index in [0.29, 0.717) is 11.1 Å². The van der Waals surface area contributed by atoms with Crippen molar-refractivity contribution in [3.05, 3.63) is 64.9 Å². The minimum Gasteiger partial charge on any atom is -0.393 e. The number of halogens is 1. The van der Waals surface area contributed by atoms with E-state index in [9.17, 15) is 5.11 Å². The van der Waals surface area contributed by atoms with E-state index in [1.807, 2.05) is 31.2 Å². The second-order valence-corrected chi connectivity index (χ2v) is 5.70. The van der Waals surface area contributed by atoms with E-state index in [1.165, 1.54) is 5.56 Å². The summed E-state index contributed by atoms with van der Waals surface area (Å²) in [6, 6.07) is 14.1. The topological polar surface area (TPSA) is 45.1 Å². The molecule has 0 amide bonds. The Morgan fingerprint density at radius 1 is 1.19 bits per heavy atom. The van der Waals surface area contributed by atoms with Crippen LogP contribution in [0.4, 0.5) is 0 Å². The van der Waals surface area contributed by atoms with Crippen LogP contribution in [0.15, 0.2) is 48.7 Å². The number of benzene rings is 1. The first-order valence-electron chi connectivity index (χ1n) is 7.19. The maximum absolute atomic E-state index is 9.68. The molecule has 1 aromatic carbocycles. The summed E-state index contributed by atoms with van der Waals surface area (Å²) < 4.78 is 0. The number of hydrogen-bond donors (Lipinski definition) is 2. The van der Waals surface area contributed by atoms with Gasteiger partial charge in [0.2, 0.25) is 0 Å². The van der Waals surface area contributed by atoms with Gasteiger partial charge in [0.05, 0.1) is 6.10 Å². The Morgan fingerprint density at radius 2 is 1.95 bits per heavy atom. The molecule has 2 aromatic rings. The van der Waals surface area contributed by atoms with Crippen molar-refractivity contribution in [3.8, 4) is 0 Å². The van der Waals surface area contributed by atoms with Crippen LogP contribution in [-0.4, -0.2) is 22.7 Å². The Hall–Kier alpha value is -1.42. The molecule has 0 saturated heterocycles. The summed E-state index contributed by atoms with van der Waals surface area (Å²) in [5.41, 5.74) is 2.35. The van der Waals surface area contributed by atoms with Crippen molar-refractivity contribution in [1.82, 2.24) is 10.3 Å². The predicted octanol–water partition coefficient (Wildman–Crippen LogP) is 3.38. The first kappa shape index (κ1) is 16.0. The quantitative estimate of drug-likeness (QED) is 0.771. The lowest BCUT2D eigenvalue weighted by molar-refractivity contribution is 0.173. The van der Waals surface area contributed by atoms with Gasteiger partial charge in [0, 0.05) is 19.3 Å². The molecule has 0 radical (unpaired) electrons. The van der Waals surface area contributed by atoms with Gasteiger partial charge in [-0.2, -0.15) is 0 Å². The second kappa shape index (κ2) is 8.13. The highest BCUT2D eigenvalue weighted by atomic mass is 35.5. The van der Waals surface area contributed by atoms with Gasteiger partial charge in [-0.15, -0.1) is 0 Å². The molecule has 2 atom stereocenters. The fourth-order valence-corrected chi connectivity index (χ4v) is 2.49. The van der Waals surface area contributed by atoms with Crippen molar-refractivity contribution in [2.45, 2.75) is 31.9 Å². The third-order valence-corrected chi connectivity index (χ3v) is 3.63. The first-order chi connectivity index (χ1) is 10.1. The Bertz CT molecular complexity index is 528. The lowest BCUT2D eigenvalue weighted by Gasteiger charge is -2.19. The van der Waals surface area contributed by atoms with Crippen LogP contribution in [0.3, 0.4) is 0 Å². The second-order valence-electron chi connectivity index (χ2n) is 5.31. The number of hydrogen-bond acceptors (Lipinski definition) is 3. The van der Waals surface area contributed by atoms with Gasteiger partial charge in [0.15, 0.2) is 0 Å². The third kappa shape index (κ3) is 5.46.